The first kappa shape index (κ1) is 13.4. The molecule has 0 fully saturated rings. The molecule has 1 aliphatic rings. The van der Waals surface area contributed by atoms with Gasteiger partial charge in [-0.05, 0) is 55.0 Å². The number of hydrogen-bond donors (Lipinski definition) is 1. The molecule has 0 aliphatic heterocycles. The fourth-order valence-corrected chi connectivity index (χ4v) is 4.13. The van der Waals surface area contributed by atoms with Crippen molar-refractivity contribution >= 4 is 34.5 Å². The SMILES string of the molecule is NC(c1ccc(Cl)c(Cl)c1)c1cc2c(s1)CCCC2. The van der Waals surface area contributed by atoms with Gasteiger partial charge in [0.1, 0.15) is 0 Å². The third kappa shape index (κ3) is 2.68. The number of aryl methyl sites for hydroxylation is 2. The fraction of sp³-hybridized carbons (Fsp3) is 0.333. The summed E-state index contributed by atoms with van der Waals surface area (Å²) in [6.45, 7) is 0. The molecule has 0 saturated carbocycles. The van der Waals surface area contributed by atoms with Crippen LogP contribution in [-0.4, -0.2) is 0 Å². The van der Waals surface area contributed by atoms with Crippen molar-refractivity contribution in [1.29, 1.82) is 0 Å². The fourth-order valence-electron chi connectivity index (χ4n) is 2.54. The minimum atomic E-state index is -0.106. The lowest BCUT2D eigenvalue weighted by Gasteiger charge is -2.10. The molecule has 1 aromatic carbocycles. The van der Waals surface area contributed by atoms with Gasteiger partial charge in [0.2, 0.25) is 0 Å². The minimum Gasteiger partial charge on any atom is -0.320 e. The van der Waals surface area contributed by atoms with Crippen molar-refractivity contribution in [2.45, 2.75) is 31.7 Å². The summed E-state index contributed by atoms with van der Waals surface area (Å²) in [6, 6.07) is 7.80. The van der Waals surface area contributed by atoms with Crippen LogP contribution in [0.1, 0.15) is 39.8 Å². The topological polar surface area (TPSA) is 26.0 Å². The molecule has 1 aliphatic carbocycles. The second kappa shape index (κ2) is 5.45. The largest absolute Gasteiger partial charge is 0.320 e. The highest BCUT2D eigenvalue weighted by atomic mass is 35.5. The molecule has 1 heterocycles. The quantitative estimate of drug-likeness (QED) is 0.831. The van der Waals surface area contributed by atoms with Crippen molar-refractivity contribution in [2.24, 2.45) is 5.73 Å². The van der Waals surface area contributed by atoms with E-state index in [2.05, 4.69) is 6.07 Å². The van der Waals surface area contributed by atoms with Gasteiger partial charge in [0.05, 0.1) is 16.1 Å². The van der Waals surface area contributed by atoms with Gasteiger partial charge in [-0.1, -0.05) is 29.3 Å². The van der Waals surface area contributed by atoms with Crippen LogP contribution >= 0.6 is 34.5 Å². The Hall–Kier alpha value is -0.540. The summed E-state index contributed by atoms with van der Waals surface area (Å²) in [5.41, 5.74) is 8.87. The molecule has 1 nitrogen and oxygen atoms in total. The molecule has 0 saturated heterocycles. The Labute approximate surface area is 127 Å². The predicted octanol–water partition coefficient (Wildman–Crippen LogP) is 4.98. The van der Waals surface area contributed by atoms with Crippen molar-refractivity contribution < 1.29 is 0 Å². The van der Waals surface area contributed by atoms with Crippen LogP contribution in [0.5, 0.6) is 0 Å². The van der Waals surface area contributed by atoms with Crippen LogP contribution < -0.4 is 5.73 Å². The predicted molar refractivity (Wildman–Crippen MR) is 83.5 cm³/mol. The zero-order valence-electron chi connectivity index (χ0n) is 10.5. The third-order valence-electron chi connectivity index (χ3n) is 3.62. The standard InChI is InChI=1S/C15H15Cl2NS/c16-11-6-5-10(7-12(11)17)15(18)14-8-9-3-1-2-4-13(9)19-14/h5-8,15H,1-4,18H2. The van der Waals surface area contributed by atoms with Crippen LogP contribution in [0.15, 0.2) is 24.3 Å². The molecule has 2 N–H and O–H groups in total. The van der Waals surface area contributed by atoms with Crippen LogP contribution in [0.25, 0.3) is 0 Å². The van der Waals surface area contributed by atoms with E-state index in [1.807, 2.05) is 29.5 Å². The van der Waals surface area contributed by atoms with Crippen molar-refractivity contribution in [2.75, 3.05) is 0 Å². The van der Waals surface area contributed by atoms with E-state index < -0.39 is 0 Å². The molecule has 1 unspecified atom stereocenters. The molecule has 1 atom stereocenters. The van der Waals surface area contributed by atoms with Crippen molar-refractivity contribution in [3.63, 3.8) is 0 Å². The van der Waals surface area contributed by atoms with Gasteiger partial charge in [-0.25, -0.2) is 0 Å². The maximum Gasteiger partial charge on any atom is 0.0646 e. The first-order valence-corrected chi connectivity index (χ1v) is 8.04. The zero-order chi connectivity index (χ0) is 13.4. The van der Waals surface area contributed by atoms with Gasteiger partial charge in [-0.3, -0.25) is 0 Å². The normalized spacial score (nSPS) is 16.2. The van der Waals surface area contributed by atoms with E-state index in [0.29, 0.717) is 10.0 Å². The van der Waals surface area contributed by atoms with E-state index in [0.717, 1.165) is 5.56 Å². The number of fused-ring (bicyclic) bond motifs is 1. The highest BCUT2D eigenvalue weighted by molar-refractivity contribution is 7.12. The Morgan fingerprint density at radius 2 is 1.84 bits per heavy atom. The highest BCUT2D eigenvalue weighted by Gasteiger charge is 2.18. The lowest BCUT2D eigenvalue weighted by atomic mass is 9.98. The van der Waals surface area contributed by atoms with E-state index >= 15 is 0 Å². The van der Waals surface area contributed by atoms with Gasteiger partial charge in [0, 0.05) is 9.75 Å². The first-order chi connectivity index (χ1) is 9.15. The maximum absolute atomic E-state index is 6.36. The van der Waals surface area contributed by atoms with E-state index in [4.69, 9.17) is 28.9 Å². The molecule has 1 aromatic heterocycles. The van der Waals surface area contributed by atoms with Crippen LogP contribution in [0.3, 0.4) is 0 Å². The zero-order valence-corrected chi connectivity index (χ0v) is 12.8. The molecule has 2 aromatic rings. The van der Waals surface area contributed by atoms with Gasteiger partial charge < -0.3 is 5.73 Å². The lowest BCUT2D eigenvalue weighted by Crippen LogP contribution is -2.10. The molecule has 0 radical (unpaired) electrons. The van der Waals surface area contributed by atoms with Gasteiger partial charge in [0.15, 0.2) is 0 Å². The molecule has 3 rings (SSSR count). The number of halogens is 2. The van der Waals surface area contributed by atoms with E-state index in [1.54, 1.807) is 0 Å². The Kier molecular flexibility index (Phi) is 3.86. The number of thiophene rings is 1. The van der Waals surface area contributed by atoms with Gasteiger partial charge >= 0.3 is 0 Å². The number of nitrogens with two attached hydrogens (primary N) is 1. The maximum atomic E-state index is 6.36. The Morgan fingerprint density at radius 3 is 2.58 bits per heavy atom. The smallest absolute Gasteiger partial charge is 0.0646 e. The molecule has 0 amide bonds. The van der Waals surface area contributed by atoms with Gasteiger partial charge in [0.25, 0.3) is 0 Å². The monoisotopic (exact) mass is 311 g/mol. The summed E-state index contributed by atoms with van der Waals surface area (Å²) in [7, 11) is 0. The molecular formula is C15H15Cl2NS. The van der Waals surface area contributed by atoms with Crippen molar-refractivity contribution in [3.05, 3.63) is 55.2 Å². The van der Waals surface area contributed by atoms with Gasteiger partial charge in [-0.15, -0.1) is 11.3 Å². The summed E-state index contributed by atoms with van der Waals surface area (Å²) in [5, 5.41) is 1.14. The number of rotatable bonds is 2. The summed E-state index contributed by atoms with van der Waals surface area (Å²) in [4.78, 5) is 2.74. The van der Waals surface area contributed by atoms with E-state index in [9.17, 15) is 0 Å². The lowest BCUT2D eigenvalue weighted by molar-refractivity contribution is 0.696. The summed E-state index contributed by atoms with van der Waals surface area (Å²) >= 11 is 13.9. The molecule has 19 heavy (non-hydrogen) atoms. The molecular weight excluding hydrogens is 297 g/mol. The number of hydrogen-bond acceptors (Lipinski definition) is 2. The highest BCUT2D eigenvalue weighted by Crippen LogP contribution is 2.35. The van der Waals surface area contributed by atoms with Crippen LogP contribution in [0.2, 0.25) is 10.0 Å². The molecule has 100 valence electrons. The number of benzene rings is 1. The van der Waals surface area contributed by atoms with E-state index in [-0.39, 0.29) is 6.04 Å². The second-order valence-electron chi connectivity index (χ2n) is 4.96. The Balaban J connectivity index is 1.92. The molecule has 4 heteroatoms. The Bertz CT molecular complexity index is 583. The van der Waals surface area contributed by atoms with Crippen molar-refractivity contribution in [1.82, 2.24) is 0 Å². The van der Waals surface area contributed by atoms with Crippen LogP contribution in [-0.2, 0) is 12.8 Å². The first-order valence-electron chi connectivity index (χ1n) is 6.47. The molecule has 0 spiro atoms. The summed E-state index contributed by atoms with van der Waals surface area (Å²) in [5.74, 6) is 0. The van der Waals surface area contributed by atoms with Crippen molar-refractivity contribution in [3.8, 4) is 0 Å². The second-order valence-corrected chi connectivity index (χ2v) is 6.94. The van der Waals surface area contributed by atoms with E-state index in [1.165, 1.54) is 41.0 Å². The molecule has 0 bridgehead atoms. The average molecular weight is 312 g/mol. The Morgan fingerprint density at radius 1 is 1.05 bits per heavy atom. The van der Waals surface area contributed by atoms with Gasteiger partial charge in [-0.2, -0.15) is 0 Å². The average Bonchev–Trinajstić information content (AvgIpc) is 2.85. The minimum absolute atomic E-state index is 0.106. The van der Waals surface area contributed by atoms with Crippen LogP contribution in [0.4, 0.5) is 0 Å². The van der Waals surface area contributed by atoms with Crippen LogP contribution in [0, 0.1) is 0 Å². The summed E-state index contributed by atoms with van der Waals surface area (Å²) < 4.78 is 0. The third-order valence-corrected chi connectivity index (χ3v) is 5.68. The summed E-state index contributed by atoms with van der Waals surface area (Å²) in [6.07, 6.45) is 4.99.